The van der Waals surface area contributed by atoms with Crippen molar-refractivity contribution in [1.82, 2.24) is 9.62 Å². The van der Waals surface area contributed by atoms with Gasteiger partial charge in [-0.25, -0.2) is 8.42 Å². The average molecular weight is 339 g/mol. The van der Waals surface area contributed by atoms with Crippen molar-refractivity contribution in [3.05, 3.63) is 30.3 Å². The maximum absolute atomic E-state index is 12.5. The molecule has 1 atom stereocenters. The normalized spacial score (nSPS) is 18.5. The third kappa shape index (κ3) is 5.02. The number of piperidine rings is 1. The molecule has 1 heterocycles. The predicted octanol–water partition coefficient (Wildman–Crippen LogP) is 0.941. The van der Waals surface area contributed by atoms with Gasteiger partial charge in [-0.2, -0.15) is 4.31 Å². The highest BCUT2D eigenvalue weighted by Gasteiger charge is 2.29. The molecule has 0 aromatic heterocycles. The first-order valence-corrected chi connectivity index (χ1v) is 9.41. The van der Waals surface area contributed by atoms with Gasteiger partial charge in [0.25, 0.3) is 0 Å². The van der Waals surface area contributed by atoms with Crippen molar-refractivity contribution in [3.63, 3.8) is 0 Å². The molecule has 7 heteroatoms. The first-order valence-electron chi connectivity index (χ1n) is 7.97. The highest BCUT2D eigenvalue weighted by atomic mass is 32.2. The summed E-state index contributed by atoms with van der Waals surface area (Å²) in [6.45, 7) is 3.37. The van der Waals surface area contributed by atoms with Gasteiger partial charge in [0.15, 0.2) is 0 Å². The minimum absolute atomic E-state index is 0.0423. The van der Waals surface area contributed by atoms with Crippen molar-refractivity contribution in [2.24, 2.45) is 11.7 Å². The van der Waals surface area contributed by atoms with E-state index >= 15 is 0 Å². The van der Waals surface area contributed by atoms with E-state index in [1.807, 2.05) is 0 Å². The van der Waals surface area contributed by atoms with Crippen LogP contribution in [0.5, 0.6) is 0 Å². The first kappa shape index (κ1) is 17.9. The van der Waals surface area contributed by atoms with Crippen LogP contribution >= 0.6 is 0 Å². The average Bonchev–Trinajstić information content (AvgIpc) is 2.53. The second kappa shape index (κ2) is 7.90. The molecule has 6 nitrogen and oxygen atoms in total. The van der Waals surface area contributed by atoms with Crippen molar-refractivity contribution < 1.29 is 13.2 Å². The standard InChI is InChI=1S/C16H25N3O3S/c1-13(17)11-16(20)18-12-14-7-9-19(10-8-14)23(21,22)15-5-3-2-4-6-15/h2-6,13-14H,7-12,17H2,1H3,(H,18,20). The minimum atomic E-state index is -3.40. The summed E-state index contributed by atoms with van der Waals surface area (Å²) in [5.74, 6) is 0.272. The van der Waals surface area contributed by atoms with Crippen LogP contribution < -0.4 is 11.1 Å². The zero-order valence-electron chi connectivity index (χ0n) is 13.4. The van der Waals surface area contributed by atoms with Gasteiger partial charge in [0.05, 0.1) is 4.90 Å². The summed E-state index contributed by atoms with van der Waals surface area (Å²) < 4.78 is 26.6. The Bertz CT molecular complexity index is 609. The largest absolute Gasteiger partial charge is 0.356 e. The summed E-state index contributed by atoms with van der Waals surface area (Å²) in [4.78, 5) is 11.9. The molecule has 1 aliphatic heterocycles. The van der Waals surface area contributed by atoms with Crippen molar-refractivity contribution in [2.75, 3.05) is 19.6 Å². The van der Waals surface area contributed by atoms with Crippen molar-refractivity contribution in [1.29, 1.82) is 0 Å². The number of nitrogens with one attached hydrogen (secondary N) is 1. The number of nitrogens with zero attached hydrogens (tertiary/aromatic N) is 1. The molecule has 1 amide bonds. The van der Waals surface area contributed by atoms with Gasteiger partial charge >= 0.3 is 0 Å². The minimum Gasteiger partial charge on any atom is -0.356 e. The highest BCUT2D eigenvalue weighted by molar-refractivity contribution is 7.89. The molecule has 1 aromatic carbocycles. The Labute approximate surface area is 138 Å². The van der Waals surface area contributed by atoms with Crippen LogP contribution in [-0.2, 0) is 14.8 Å². The number of carbonyl (C=O) groups is 1. The number of carbonyl (C=O) groups excluding carboxylic acids is 1. The van der Waals surface area contributed by atoms with Crippen molar-refractivity contribution >= 4 is 15.9 Å². The quantitative estimate of drug-likeness (QED) is 0.807. The summed E-state index contributed by atoms with van der Waals surface area (Å²) in [5, 5.41) is 2.88. The van der Waals surface area contributed by atoms with E-state index in [9.17, 15) is 13.2 Å². The van der Waals surface area contributed by atoms with E-state index in [1.54, 1.807) is 37.3 Å². The topological polar surface area (TPSA) is 92.5 Å². The lowest BCUT2D eigenvalue weighted by molar-refractivity contribution is -0.121. The Morgan fingerprint density at radius 2 is 1.91 bits per heavy atom. The number of rotatable bonds is 6. The van der Waals surface area contributed by atoms with Gasteiger partial charge in [0.2, 0.25) is 15.9 Å². The molecule has 0 saturated carbocycles. The number of hydrogen-bond acceptors (Lipinski definition) is 4. The maximum Gasteiger partial charge on any atom is 0.243 e. The summed E-state index contributed by atoms with van der Waals surface area (Å²) >= 11 is 0. The van der Waals surface area contributed by atoms with Crippen LogP contribution in [-0.4, -0.2) is 44.3 Å². The summed E-state index contributed by atoms with van der Waals surface area (Å²) in [5.41, 5.74) is 5.59. The van der Waals surface area contributed by atoms with Crippen LogP contribution in [0.1, 0.15) is 26.2 Å². The summed E-state index contributed by atoms with van der Waals surface area (Å²) in [6, 6.07) is 8.36. The lowest BCUT2D eigenvalue weighted by atomic mass is 9.98. The smallest absolute Gasteiger partial charge is 0.243 e. The number of nitrogens with two attached hydrogens (primary N) is 1. The number of sulfonamides is 1. The molecule has 2 rings (SSSR count). The molecule has 1 unspecified atom stereocenters. The van der Waals surface area contributed by atoms with Crippen LogP contribution in [0, 0.1) is 5.92 Å². The summed E-state index contributed by atoms with van der Waals surface area (Å²) in [7, 11) is -3.40. The van der Waals surface area contributed by atoms with E-state index in [0.717, 1.165) is 12.8 Å². The third-order valence-electron chi connectivity index (χ3n) is 4.05. The Morgan fingerprint density at radius 1 is 1.30 bits per heavy atom. The van der Waals surface area contributed by atoms with Crippen LogP contribution in [0.15, 0.2) is 35.2 Å². The molecule has 0 bridgehead atoms. The fourth-order valence-electron chi connectivity index (χ4n) is 2.72. The van der Waals surface area contributed by atoms with Gasteiger partial charge in [-0.15, -0.1) is 0 Å². The predicted molar refractivity (Wildman–Crippen MR) is 89.2 cm³/mol. The van der Waals surface area contributed by atoms with Crippen LogP contribution in [0.3, 0.4) is 0 Å². The van der Waals surface area contributed by atoms with Crippen LogP contribution in [0.25, 0.3) is 0 Å². The maximum atomic E-state index is 12.5. The lowest BCUT2D eigenvalue weighted by Crippen LogP contribution is -2.42. The number of hydrogen-bond donors (Lipinski definition) is 2. The first-order chi connectivity index (χ1) is 10.9. The molecule has 1 fully saturated rings. The fourth-order valence-corrected chi connectivity index (χ4v) is 4.21. The molecule has 3 N–H and O–H groups in total. The van der Waals surface area contributed by atoms with Gasteiger partial charge in [-0.1, -0.05) is 18.2 Å². The van der Waals surface area contributed by atoms with Gasteiger partial charge in [-0.05, 0) is 37.8 Å². The van der Waals surface area contributed by atoms with E-state index in [1.165, 1.54) is 4.31 Å². The molecular formula is C16H25N3O3S. The molecule has 0 aliphatic carbocycles. The van der Waals surface area contributed by atoms with Gasteiger partial charge in [0, 0.05) is 32.1 Å². The molecule has 23 heavy (non-hydrogen) atoms. The molecule has 128 valence electrons. The second-order valence-electron chi connectivity index (χ2n) is 6.15. The van der Waals surface area contributed by atoms with E-state index in [4.69, 9.17) is 5.73 Å². The van der Waals surface area contributed by atoms with E-state index < -0.39 is 10.0 Å². The van der Waals surface area contributed by atoms with E-state index in [0.29, 0.717) is 36.9 Å². The molecule has 1 aliphatic rings. The van der Waals surface area contributed by atoms with Gasteiger partial charge in [-0.3, -0.25) is 4.79 Å². The number of benzene rings is 1. The van der Waals surface area contributed by atoms with Crippen LogP contribution in [0.4, 0.5) is 0 Å². The van der Waals surface area contributed by atoms with Crippen molar-refractivity contribution in [2.45, 2.75) is 37.1 Å². The Kier molecular flexibility index (Phi) is 6.15. The molecule has 0 spiro atoms. The van der Waals surface area contributed by atoms with Crippen molar-refractivity contribution in [3.8, 4) is 0 Å². The van der Waals surface area contributed by atoms with E-state index in [2.05, 4.69) is 5.32 Å². The lowest BCUT2D eigenvalue weighted by Gasteiger charge is -2.31. The molecular weight excluding hydrogens is 314 g/mol. The zero-order valence-corrected chi connectivity index (χ0v) is 14.3. The SMILES string of the molecule is CC(N)CC(=O)NCC1CCN(S(=O)(=O)c2ccccc2)CC1. The molecule has 1 saturated heterocycles. The second-order valence-corrected chi connectivity index (χ2v) is 8.08. The number of amides is 1. The molecule has 1 aromatic rings. The third-order valence-corrected chi connectivity index (χ3v) is 5.96. The Hall–Kier alpha value is -1.44. The zero-order chi connectivity index (χ0) is 16.9. The fraction of sp³-hybridized carbons (Fsp3) is 0.562. The highest BCUT2D eigenvalue weighted by Crippen LogP contribution is 2.23. The van der Waals surface area contributed by atoms with Gasteiger partial charge < -0.3 is 11.1 Å². The summed E-state index contributed by atoms with van der Waals surface area (Å²) in [6.07, 6.45) is 1.83. The Balaban J connectivity index is 1.83. The Morgan fingerprint density at radius 3 is 2.48 bits per heavy atom. The monoisotopic (exact) mass is 339 g/mol. The van der Waals surface area contributed by atoms with E-state index in [-0.39, 0.29) is 11.9 Å². The van der Waals surface area contributed by atoms with Gasteiger partial charge in [0.1, 0.15) is 0 Å². The molecule has 0 radical (unpaired) electrons. The van der Waals surface area contributed by atoms with Crippen LogP contribution in [0.2, 0.25) is 0 Å².